The molecule has 2 amide bonds. The van der Waals surface area contributed by atoms with Gasteiger partial charge in [0.2, 0.25) is 11.8 Å². The van der Waals surface area contributed by atoms with Crippen LogP contribution in [0.1, 0.15) is 25.3 Å². The van der Waals surface area contributed by atoms with Crippen LogP contribution in [0.3, 0.4) is 0 Å². The van der Waals surface area contributed by atoms with Crippen molar-refractivity contribution in [3.05, 3.63) is 23.8 Å². The molecule has 1 atom stereocenters. The molecule has 5 heteroatoms. The number of nitrogens with one attached hydrogen (secondary N) is 1. The van der Waals surface area contributed by atoms with Crippen molar-refractivity contribution in [3.63, 3.8) is 0 Å². The normalized spacial score (nSPS) is 19.0. The first-order valence-corrected chi connectivity index (χ1v) is 6.92. The van der Waals surface area contributed by atoms with E-state index in [-0.39, 0.29) is 24.3 Å². The van der Waals surface area contributed by atoms with Gasteiger partial charge in [0.15, 0.2) is 0 Å². The van der Waals surface area contributed by atoms with E-state index in [1.807, 2.05) is 26.0 Å². The fourth-order valence-electron chi connectivity index (χ4n) is 2.45. The molecule has 1 saturated heterocycles. The quantitative estimate of drug-likeness (QED) is 0.826. The number of carbonyl (C=O) groups excluding carboxylic acids is 2. The molecule has 20 heavy (non-hydrogen) atoms. The van der Waals surface area contributed by atoms with Crippen LogP contribution in [0.15, 0.2) is 18.2 Å². The first-order chi connectivity index (χ1) is 9.47. The second-order valence-corrected chi connectivity index (χ2v) is 5.44. The molecular weight excluding hydrogens is 254 g/mol. The Bertz CT molecular complexity index is 528. The van der Waals surface area contributed by atoms with Gasteiger partial charge < -0.3 is 16.0 Å². The lowest BCUT2D eigenvalue weighted by atomic mass is 9.99. The number of rotatable bonds is 3. The molecule has 0 aliphatic carbocycles. The molecule has 3 N–H and O–H groups in total. The van der Waals surface area contributed by atoms with Gasteiger partial charge >= 0.3 is 0 Å². The lowest BCUT2D eigenvalue weighted by molar-refractivity contribution is -0.140. The highest BCUT2D eigenvalue weighted by atomic mass is 16.2. The van der Waals surface area contributed by atoms with Gasteiger partial charge in [-0.1, -0.05) is 13.0 Å². The van der Waals surface area contributed by atoms with Crippen molar-refractivity contribution in [1.82, 2.24) is 4.90 Å². The molecular formula is C15H21N3O2. The summed E-state index contributed by atoms with van der Waals surface area (Å²) in [4.78, 5) is 25.6. The molecule has 5 nitrogen and oxygen atoms in total. The number of anilines is 2. The van der Waals surface area contributed by atoms with Crippen molar-refractivity contribution >= 4 is 23.2 Å². The zero-order valence-corrected chi connectivity index (χ0v) is 12.0. The van der Waals surface area contributed by atoms with Crippen LogP contribution in [-0.2, 0) is 9.59 Å². The fourth-order valence-corrected chi connectivity index (χ4v) is 2.45. The number of hydrogen-bond acceptors (Lipinski definition) is 3. The number of aryl methyl sites for hydroxylation is 1. The number of benzene rings is 1. The number of carbonyl (C=O) groups is 2. The molecule has 1 aromatic carbocycles. The maximum Gasteiger partial charge on any atom is 0.244 e. The number of nitrogens with two attached hydrogens (primary N) is 1. The molecule has 0 saturated carbocycles. The highest BCUT2D eigenvalue weighted by Gasteiger charge is 2.26. The van der Waals surface area contributed by atoms with Gasteiger partial charge in [-0.2, -0.15) is 0 Å². The average molecular weight is 275 g/mol. The third kappa shape index (κ3) is 3.29. The van der Waals surface area contributed by atoms with E-state index in [4.69, 9.17) is 5.73 Å². The Hall–Kier alpha value is -2.04. The number of nitrogens with zero attached hydrogens (tertiary/aromatic N) is 1. The van der Waals surface area contributed by atoms with Crippen LogP contribution >= 0.6 is 0 Å². The van der Waals surface area contributed by atoms with Crippen molar-refractivity contribution in [1.29, 1.82) is 0 Å². The van der Waals surface area contributed by atoms with Gasteiger partial charge in [-0.15, -0.1) is 0 Å². The Morgan fingerprint density at radius 1 is 1.50 bits per heavy atom. The van der Waals surface area contributed by atoms with Crippen LogP contribution in [0.5, 0.6) is 0 Å². The largest absolute Gasteiger partial charge is 0.397 e. The topological polar surface area (TPSA) is 75.4 Å². The van der Waals surface area contributed by atoms with E-state index in [0.717, 1.165) is 18.4 Å². The second kappa shape index (κ2) is 5.94. The lowest BCUT2D eigenvalue weighted by Gasteiger charge is -2.30. The lowest BCUT2D eigenvalue weighted by Crippen LogP contribution is -2.44. The van der Waals surface area contributed by atoms with E-state index < -0.39 is 0 Å². The van der Waals surface area contributed by atoms with E-state index in [2.05, 4.69) is 5.32 Å². The number of likely N-dealkylation sites (tertiary alicyclic amines) is 1. The van der Waals surface area contributed by atoms with E-state index in [1.165, 1.54) is 0 Å². The molecule has 0 spiro atoms. The van der Waals surface area contributed by atoms with Crippen LogP contribution in [0.2, 0.25) is 0 Å². The number of amides is 2. The molecule has 1 fully saturated rings. The van der Waals surface area contributed by atoms with Gasteiger partial charge in [0.05, 0.1) is 17.9 Å². The Morgan fingerprint density at radius 2 is 2.25 bits per heavy atom. The molecule has 0 radical (unpaired) electrons. The van der Waals surface area contributed by atoms with Crippen LogP contribution in [0.4, 0.5) is 11.4 Å². The van der Waals surface area contributed by atoms with Crippen molar-refractivity contribution in [2.75, 3.05) is 24.1 Å². The van der Waals surface area contributed by atoms with Crippen LogP contribution < -0.4 is 11.1 Å². The average Bonchev–Trinajstić information content (AvgIpc) is 2.38. The van der Waals surface area contributed by atoms with Gasteiger partial charge in [0, 0.05) is 12.5 Å². The summed E-state index contributed by atoms with van der Waals surface area (Å²) in [6, 6.07) is 5.48. The van der Waals surface area contributed by atoms with Gasteiger partial charge in [0.1, 0.15) is 0 Å². The summed E-state index contributed by atoms with van der Waals surface area (Å²) >= 11 is 0. The molecule has 1 unspecified atom stereocenters. The second-order valence-electron chi connectivity index (χ2n) is 5.44. The Kier molecular flexibility index (Phi) is 4.27. The van der Waals surface area contributed by atoms with Crippen molar-refractivity contribution in [2.24, 2.45) is 5.92 Å². The summed E-state index contributed by atoms with van der Waals surface area (Å²) in [6.45, 7) is 4.59. The number of nitrogen functional groups attached to an aromatic ring is 1. The van der Waals surface area contributed by atoms with Gasteiger partial charge in [-0.3, -0.25) is 9.59 Å². The summed E-state index contributed by atoms with van der Waals surface area (Å²) in [5.41, 5.74) is 8.03. The summed E-state index contributed by atoms with van der Waals surface area (Å²) in [5, 5.41) is 2.76. The Labute approximate surface area is 119 Å². The summed E-state index contributed by atoms with van der Waals surface area (Å²) in [7, 11) is 0. The number of piperidine rings is 1. The SMILES string of the molecule is Cc1ccc(NC(=O)CN2CCCC(C)C2=O)c(N)c1. The van der Waals surface area contributed by atoms with Crippen molar-refractivity contribution in [3.8, 4) is 0 Å². The van der Waals surface area contributed by atoms with E-state index in [0.29, 0.717) is 17.9 Å². The van der Waals surface area contributed by atoms with Crippen LogP contribution in [-0.4, -0.2) is 29.8 Å². The van der Waals surface area contributed by atoms with Gasteiger partial charge in [-0.25, -0.2) is 0 Å². The summed E-state index contributed by atoms with van der Waals surface area (Å²) in [5.74, 6) is -0.132. The molecule has 108 valence electrons. The van der Waals surface area contributed by atoms with E-state index in [9.17, 15) is 9.59 Å². The summed E-state index contributed by atoms with van der Waals surface area (Å²) in [6.07, 6.45) is 1.86. The molecule has 1 aromatic rings. The fraction of sp³-hybridized carbons (Fsp3) is 0.467. The Balaban J connectivity index is 1.97. The molecule has 0 aromatic heterocycles. The Morgan fingerprint density at radius 3 is 2.95 bits per heavy atom. The van der Waals surface area contributed by atoms with Gasteiger partial charge in [0.25, 0.3) is 0 Å². The summed E-state index contributed by atoms with van der Waals surface area (Å²) < 4.78 is 0. The van der Waals surface area contributed by atoms with Gasteiger partial charge in [-0.05, 0) is 37.5 Å². The smallest absolute Gasteiger partial charge is 0.244 e. The molecule has 0 bridgehead atoms. The standard InChI is InChI=1S/C15H21N3O2/c1-10-5-6-13(12(16)8-10)17-14(19)9-18-7-3-4-11(2)15(18)20/h5-6,8,11H,3-4,7,9,16H2,1-2H3,(H,17,19). The zero-order chi connectivity index (χ0) is 14.7. The third-order valence-corrected chi connectivity index (χ3v) is 3.61. The predicted molar refractivity (Wildman–Crippen MR) is 79.2 cm³/mol. The van der Waals surface area contributed by atoms with Crippen molar-refractivity contribution in [2.45, 2.75) is 26.7 Å². The third-order valence-electron chi connectivity index (χ3n) is 3.61. The highest BCUT2D eigenvalue weighted by molar-refractivity contribution is 5.97. The van der Waals surface area contributed by atoms with Crippen LogP contribution in [0.25, 0.3) is 0 Å². The molecule has 2 rings (SSSR count). The monoisotopic (exact) mass is 275 g/mol. The van der Waals surface area contributed by atoms with E-state index in [1.54, 1.807) is 11.0 Å². The minimum absolute atomic E-state index is 0.0148. The van der Waals surface area contributed by atoms with E-state index >= 15 is 0 Å². The minimum Gasteiger partial charge on any atom is -0.397 e. The predicted octanol–water partition coefficient (Wildman–Crippen LogP) is 1.77. The molecule has 1 aliphatic heterocycles. The first kappa shape index (κ1) is 14.4. The first-order valence-electron chi connectivity index (χ1n) is 6.92. The van der Waals surface area contributed by atoms with Crippen molar-refractivity contribution < 1.29 is 9.59 Å². The zero-order valence-electron chi connectivity index (χ0n) is 12.0. The molecule has 1 heterocycles. The maximum absolute atomic E-state index is 12.0. The van der Waals surface area contributed by atoms with Crippen LogP contribution in [0, 0.1) is 12.8 Å². The minimum atomic E-state index is -0.206. The molecule has 1 aliphatic rings. The highest BCUT2D eigenvalue weighted by Crippen LogP contribution is 2.20. The number of hydrogen-bond donors (Lipinski definition) is 2. The maximum atomic E-state index is 12.0.